The zero-order chi connectivity index (χ0) is 21.1. The second kappa shape index (κ2) is 8.09. The maximum atomic E-state index is 13.5. The molecule has 3 aromatic carbocycles. The number of hydrogen-bond acceptors (Lipinski definition) is 3. The molecule has 1 aromatic heterocycles. The first-order valence-corrected chi connectivity index (χ1v) is 10.0. The largest absolute Gasteiger partial charge is 0.343 e. The molecule has 0 saturated carbocycles. The number of carbonyl (C=O) groups excluding carboxylic acids is 1. The third-order valence-corrected chi connectivity index (χ3v) is 5.18. The number of carbonyl (C=O) groups is 1. The summed E-state index contributed by atoms with van der Waals surface area (Å²) in [7, 11) is 0. The fraction of sp³-hybridized carbons (Fsp3) is 0.154. The minimum absolute atomic E-state index is 0.168. The Morgan fingerprint density at radius 1 is 0.900 bits per heavy atom. The van der Waals surface area contributed by atoms with Gasteiger partial charge in [-0.2, -0.15) is 0 Å². The molecular formula is C26H25N3O. The van der Waals surface area contributed by atoms with Crippen LogP contribution in [0.1, 0.15) is 35.8 Å². The molecule has 0 fully saturated rings. The molecule has 0 radical (unpaired) electrons. The number of benzene rings is 3. The fourth-order valence-electron chi connectivity index (χ4n) is 3.67. The SMILES string of the molecule is CC(C)(N)[C@H](NC(=O)c1cc(-c2ccccc2)nc2ccccc12)c1ccccc1. The first kappa shape index (κ1) is 19.8. The van der Waals surface area contributed by atoms with Gasteiger partial charge in [0.1, 0.15) is 0 Å². The number of aromatic nitrogens is 1. The fourth-order valence-corrected chi connectivity index (χ4v) is 3.67. The average Bonchev–Trinajstić information content (AvgIpc) is 2.77. The summed E-state index contributed by atoms with van der Waals surface area (Å²) in [6, 6.07) is 29.0. The lowest BCUT2D eigenvalue weighted by molar-refractivity contribution is 0.0920. The van der Waals surface area contributed by atoms with Crippen molar-refractivity contribution in [2.24, 2.45) is 5.73 Å². The van der Waals surface area contributed by atoms with Crippen LogP contribution in [0.5, 0.6) is 0 Å². The molecule has 150 valence electrons. The molecule has 0 aliphatic carbocycles. The van der Waals surface area contributed by atoms with E-state index in [-0.39, 0.29) is 11.9 Å². The quantitative estimate of drug-likeness (QED) is 0.493. The predicted molar refractivity (Wildman–Crippen MR) is 122 cm³/mol. The molecule has 4 heteroatoms. The highest BCUT2D eigenvalue weighted by atomic mass is 16.1. The Morgan fingerprint density at radius 3 is 2.17 bits per heavy atom. The molecule has 0 saturated heterocycles. The first-order valence-electron chi connectivity index (χ1n) is 10.0. The summed E-state index contributed by atoms with van der Waals surface area (Å²) >= 11 is 0. The van der Waals surface area contributed by atoms with Gasteiger partial charge in [0.2, 0.25) is 0 Å². The number of fused-ring (bicyclic) bond motifs is 1. The van der Waals surface area contributed by atoms with Crippen molar-refractivity contribution < 1.29 is 4.79 Å². The lowest BCUT2D eigenvalue weighted by atomic mass is 9.89. The van der Waals surface area contributed by atoms with E-state index in [1.165, 1.54) is 0 Å². The smallest absolute Gasteiger partial charge is 0.252 e. The second-order valence-corrected chi connectivity index (χ2v) is 8.08. The van der Waals surface area contributed by atoms with Crippen LogP contribution < -0.4 is 11.1 Å². The number of hydrogen-bond donors (Lipinski definition) is 2. The Kier molecular flexibility index (Phi) is 5.34. The summed E-state index contributed by atoms with van der Waals surface area (Å²) in [6.07, 6.45) is 0. The van der Waals surface area contributed by atoms with E-state index in [0.717, 1.165) is 27.7 Å². The Morgan fingerprint density at radius 2 is 1.50 bits per heavy atom. The Hall–Kier alpha value is -3.50. The van der Waals surface area contributed by atoms with E-state index in [0.29, 0.717) is 5.56 Å². The van der Waals surface area contributed by atoms with Gasteiger partial charge in [-0.1, -0.05) is 78.9 Å². The third kappa shape index (κ3) is 4.09. The van der Waals surface area contributed by atoms with E-state index >= 15 is 0 Å². The molecule has 4 aromatic rings. The van der Waals surface area contributed by atoms with E-state index in [4.69, 9.17) is 10.7 Å². The van der Waals surface area contributed by atoms with Crippen LogP contribution in [-0.4, -0.2) is 16.4 Å². The Balaban J connectivity index is 1.79. The van der Waals surface area contributed by atoms with Gasteiger partial charge in [0, 0.05) is 16.5 Å². The summed E-state index contributed by atoms with van der Waals surface area (Å²) in [5.74, 6) is -0.168. The maximum absolute atomic E-state index is 13.5. The molecule has 0 bridgehead atoms. The maximum Gasteiger partial charge on any atom is 0.252 e. The normalized spacial score (nSPS) is 12.5. The summed E-state index contributed by atoms with van der Waals surface area (Å²) in [5.41, 5.74) is 9.89. The Bertz CT molecular complexity index is 1170. The topological polar surface area (TPSA) is 68.0 Å². The van der Waals surface area contributed by atoms with Crippen molar-refractivity contribution in [1.29, 1.82) is 0 Å². The van der Waals surface area contributed by atoms with Gasteiger partial charge >= 0.3 is 0 Å². The van der Waals surface area contributed by atoms with Crippen molar-refractivity contribution in [2.75, 3.05) is 0 Å². The van der Waals surface area contributed by atoms with Crippen LogP contribution in [0.3, 0.4) is 0 Å². The molecule has 1 heterocycles. The van der Waals surface area contributed by atoms with Gasteiger partial charge in [0.05, 0.1) is 22.8 Å². The molecule has 0 aliphatic rings. The predicted octanol–water partition coefficient (Wildman–Crippen LogP) is 5.11. The summed E-state index contributed by atoms with van der Waals surface area (Å²) in [5, 5.41) is 3.98. The van der Waals surface area contributed by atoms with Gasteiger partial charge in [0.15, 0.2) is 0 Å². The van der Waals surface area contributed by atoms with Crippen LogP contribution >= 0.6 is 0 Å². The zero-order valence-electron chi connectivity index (χ0n) is 17.2. The van der Waals surface area contributed by atoms with Gasteiger partial charge in [-0.15, -0.1) is 0 Å². The standard InChI is InChI=1S/C26H25N3O/c1-26(2,27)24(19-13-7-4-8-14-19)29-25(30)21-17-23(18-11-5-3-6-12-18)28-22-16-10-9-15-20(21)22/h3-17,24H,27H2,1-2H3,(H,29,30)/t24-/m1/s1. The van der Waals surface area contributed by atoms with Crippen LogP contribution in [0.2, 0.25) is 0 Å². The molecule has 4 rings (SSSR count). The summed E-state index contributed by atoms with van der Waals surface area (Å²) in [4.78, 5) is 18.2. The van der Waals surface area contributed by atoms with E-state index in [2.05, 4.69) is 5.32 Å². The van der Waals surface area contributed by atoms with E-state index in [1.807, 2.05) is 105 Å². The van der Waals surface area contributed by atoms with Gasteiger partial charge in [0.25, 0.3) is 5.91 Å². The average molecular weight is 396 g/mol. The molecule has 3 N–H and O–H groups in total. The summed E-state index contributed by atoms with van der Waals surface area (Å²) in [6.45, 7) is 3.84. The number of nitrogens with two attached hydrogens (primary N) is 1. The number of nitrogens with one attached hydrogen (secondary N) is 1. The number of rotatable bonds is 5. The van der Waals surface area contributed by atoms with Crippen molar-refractivity contribution >= 4 is 16.8 Å². The van der Waals surface area contributed by atoms with Crippen molar-refractivity contribution in [2.45, 2.75) is 25.4 Å². The number of pyridine rings is 1. The Labute approximate surface area is 176 Å². The highest BCUT2D eigenvalue weighted by molar-refractivity contribution is 6.07. The summed E-state index contributed by atoms with van der Waals surface area (Å²) < 4.78 is 0. The minimum atomic E-state index is -0.637. The second-order valence-electron chi connectivity index (χ2n) is 8.08. The first-order chi connectivity index (χ1) is 14.4. The lowest BCUT2D eigenvalue weighted by Gasteiger charge is -2.32. The van der Waals surface area contributed by atoms with Gasteiger partial charge in [-0.05, 0) is 31.5 Å². The van der Waals surface area contributed by atoms with Crippen molar-refractivity contribution in [3.63, 3.8) is 0 Å². The molecule has 1 amide bonds. The van der Waals surface area contributed by atoms with Crippen LogP contribution in [0.4, 0.5) is 0 Å². The molecular weight excluding hydrogens is 370 g/mol. The van der Waals surface area contributed by atoms with Crippen LogP contribution in [0.15, 0.2) is 91.0 Å². The van der Waals surface area contributed by atoms with Gasteiger partial charge in [-0.3, -0.25) is 4.79 Å². The number of para-hydroxylation sites is 1. The van der Waals surface area contributed by atoms with E-state index in [1.54, 1.807) is 0 Å². The monoisotopic (exact) mass is 395 g/mol. The van der Waals surface area contributed by atoms with Crippen molar-refractivity contribution in [3.05, 3.63) is 102 Å². The van der Waals surface area contributed by atoms with Crippen LogP contribution in [0, 0.1) is 0 Å². The van der Waals surface area contributed by atoms with Crippen LogP contribution in [0.25, 0.3) is 22.2 Å². The van der Waals surface area contributed by atoms with Gasteiger partial charge in [-0.25, -0.2) is 4.98 Å². The highest BCUT2D eigenvalue weighted by Crippen LogP contribution is 2.27. The number of nitrogens with zero attached hydrogens (tertiary/aromatic N) is 1. The third-order valence-electron chi connectivity index (χ3n) is 5.18. The van der Waals surface area contributed by atoms with Gasteiger partial charge < -0.3 is 11.1 Å². The zero-order valence-corrected chi connectivity index (χ0v) is 17.2. The molecule has 30 heavy (non-hydrogen) atoms. The highest BCUT2D eigenvalue weighted by Gasteiger charge is 2.29. The number of amides is 1. The molecule has 1 atom stereocenters. The van der Waals surface area contributed by atoms with Crippen molar-refractivity contribution in [1.82, 2.24) is 10.3 Å². The molecule has 0 unspecified atom stereocenters. The minimum Gasteiger partial charge on any atom is -0.343 e. The molecule has 4 nitrogen and oxygen atoms in total. The molecule has 0 aliphatic heterocycles. The van der Waals surface area contributed by atoms with E-state index < -0.39 is 5.54 Å². The van der Waals surface area contributed by atoms with Crippen molar-refractivity contribution in [3.8, 4) is 11.3 Å². The van der Waals surface area contributed by atoms with E-state index in [9.17, 15) is 4.79 Å². The van der Waals surface area contributed by atoms with Crippen LogP contribution in [-0.2, 0) is 0 Å². The lowest BCUT2D eigenvalue weighted by Crippen LogP contribution is -2.48. The molecule has 0 spiro atoms.